The number of carboxylic acids is 1. The third-order valence-electron chi connectivity index (χ3n) is 3.41. The molecule has 0 aliphatic carbocycles. The van der Waals surface area contributed by atoms with E-state index < -0.39 is 5.97 Å². The van der Waals surface area contributed by atoms with Crippen molar-refractivity contribution < 1.29 is 14.7 Å². The van der Waals surface area contributed by atoms with Gasteiger partial charge < -0.3 is 10.4 Å². The van der Waals surface area contributed by atoms with Gasteiger partial charge in [0, 0.05) is 19.9 Å². The average molecular weight is 271 g/mol. The molecule has 4 heteroatoms. The summed E-state index contributed by atoms with van der Waals surface area (Å²) in [5.74, 6) is -0.319. The summed E-state index contributed by atoms with van der Waals surface area (Å²) in [6.07, 6.45) is 9.13. The van der Waals surface area contributed by atoms with E-state index in [-0.39, 0.29) is 12.3 Å². The van der Waals surface area contributed by atoms with Crippen LogP contribution in [0.25, 0.3) is 0 Å². The Labute approximate surface area is 117 Å². The van der Waals surface area contributed by atoms with Crippen LogP contribution in [0.15, 0.2) is 0 Å². The standard InChI is InChI=1S/C15H29NO3/c1-3-4-5-6-7-8-14(9-10-15(18)19)11-12-16-13(2)17/h14H,3-12H2,1-2H3,(H,16,17)(H,18,19). The third-order valence-corrected chi connectivity index (χ3v) is 3.41. The summed E-state index contributed by atoms with van der Waals surface area (Å²) in [5.41, 5.74) is 0. The molecule has 0 saturated heterocycles. The van der Waals surface area contributed by atoms with E-state index in [2.05, 4.69) is 12.2 Å². The van der Waals surface area contributed by atoms with E-state index in [4.69, 9.17) is 5.11 Å². The summed E-state index contributed by atoms with van der Waals surface area (Å²) in [6, 6.07) is 0. The largest absolute Gasteiger partial charge is 0.481 e. The van der Waals surface area contributed by atoms with Gasteiger partial charge in [-0.2, -0.15) is 0 Å². The van der Waals surface area contributed by atoms with E-state index in [1.807, 2.05) is 0 Å². The summed E-state index contributed by atoms with van der Waals surface area (Å²) in [5, 5.41) is 11.5. The van der Waals surface area contributed by atoms with E-state index >= 15 is 0 Å². The minimum atomic E-state index is -0.726. The van der Waals surface area contributed by atoms with Crippen LogP contribution in [-0.2, 0) is 9.59 Å². The van der Waals surface area contributed by atoms with Gasteiger partial charge in [0.05, 0.1) is 0 Å². The highest BCUT2D eigenvalue weighted by atomic mass is 16.4. The van der Waals surface area contributed by atoms with Crippen molar-refractivity contribution in [2.24, 2.45) is 5.92 Å². The number of rotatable bonds is 12. The Bertz CT molecular complexity index is 254. The second-order valence-corrected chi connectivity index (χ2v) is 5.27. The smallest absolute Gasteiger partial charge is 0.303 e. The maximum absolute atomic E-state index is 10.8. The van der Waals surface area contributed by atoms with Crippen LogP contribution in [-0.4, -0.2) is 23.5 Å². The molecule has 0 aliphatic rings. The van der Waals surface area contributed by atoms with Crippen LogP contribution in [0.2, 0.25) is 0 Å². The van der Waals surface area contributed by atoms with E-state index in [0.29, 0.717) is 12.5 Å². The Morgan fingerprint density at radius 2 is 1.74 bits per heavy atom. The molecule has 0 aliphatic heterocycles. The Balaban J connectivity index is 3.82. The van der Waals surface area contributed by atoms with E-state index in [1.54, 1.807) is 0 Å². The Morgan fingerprint density at radius 3 is 2.32 bits per heavy atom. The van der Waals surface area contributed by atoms with Crippen molar-refractivity contribution in [1.29, 1.82) is 0 Å². The van der Waals surface area contributed by atoms with E-state index in [1.165, 1.54) is 39.0 Å². The lowest BCUT2D eigenvalue weighted by Gasteiger charge is -2.16. The first-order valence-corrected chi connectivity index (χ1v) is 7.52. The molecule has 1 amide bonds. The minimum Gasteiger partial charge on any atom is -0.481 e. The van der Waals surface area contributed by atoms with Crippen molar-refractivity contribution >= 4 is 11.9 Å². The van der Waals surface area contributed by atoms with Gasteiger partial charge in [0.15, 0.2) is 0 Å². The normalized spacial score (nSPS) is 12.1. The molecule has 19 heavy (non-hydrogen) atoms. The predicted octanol–water partition coefficient (Wildman–Crippen LogP) is 3.35. The van der Waals surface area contributed by atoms with Crippen LogP contribution in [0.5, 0.6) is 0 Å². The molecule has 0 fully saturated rings. The molecular weight excluding hydrogens is 242 g/mol. The third kappa shape index (κ3) is 13.2. The molecule has 0 spiro atoms. The maximum atomic E-state index is 10.8. The highest BCUT2D eigenvalue weighted by Crippen LogP contribution is 2.19. The van der Waals surface area contributed by atoms with Gasteiger partial charge in [0.25, 0.3) is 0 Å². The monoisotopic (exact) mass is 271 g/mol. The number of hydrogen-bond donors (Lipinski definition) is 2. The van der Waals surface area contributed by atoms with Crippen molar-refractivity contribution in [2.75, 3.05) is 6.54 Å². The number of carbonyl (C=O) groups excluding carboxylic acids is 1. The first kappa shape index (κ1) is 17.9. The molecule has 4 nitrogen and oxygen atoms in total. The minimum absolute atomic E-state index is 0.0140. The van der Waals surface area contributed by atoms with Gasteiger partial charge in [-0.3, -0.25) is 9.59 Å². The van der Waals surface area contributed by atoms with Crippen molar-refractivity contribution in [3.8, 4) is 0 Å². The van der Waals surface area contributed by atoms with E-state index in [9.17, 15) is 9.59 Å². The van der Waals surface area contributed by atoms with Gasteiger partial charge in [0.1, 0.15) is 0 Å². The van der Waals surface area contributed by atoms with Gasteiger partial charge in [-0.25, -0.2) is 0 Å². The molecule has 112 valence electrons. The molecule has 1 unspecified atom stereocenters. The molecule has 0 saturated carbocycles. The molecule has 0 radical (unpaired) electrons. The van der Waals surface area contributed by atoms with Gasteiger partial charge >= 0.3 is 5.97 Å². The summed E-state index contributed by atoms with van der Waals surface area (Å²) in [7, 11) is 0. The molecule has 0 rings (SSSR count). The average Bonchev–Trinajstić information content (AvgIpc) is 2.34. The highest BCUT2D eigenvalue weighted by Gasteiger charge is 2.11. The molecular formula is C15H29NO3. The number of nitrogens with one attached hydrogen (secondary N) is 1. The second-order valence-electron chi connectivity index (χ2n) is 5.27. The number of carbonyl (C=O) groups is 2. The topological polar surface area (TPSA) is 66.4 Å². The summed E-state index contributed by atoms with van der Waals surface area (Å²) in [6.45, 7) is 4.37. The molecule has 0 aromatic heterocycles. The van der Waals surface area contributed by atoms with Crippen molar-refractivity contribution in [1.82, 2.24) is 5.32 Å². The molecule has 0 aromatic rings. The van der Waals surface area contributed by atoms with E-state index in [0.717, 1.165) is 19.3 Å². The van der Waals surface area contributed by atoms with Crippen LogP contribution in [0.4, 0.5) is 0 Å². The fraction of sp³-hybridized carbons (Fsp3) is 0.867. The predicted molar refractivity (Wildman–Crippen MR) is 77.0 cm³/mol. The zero-order valence-corrected chi connectivity index (χ0v) is 12.4. The number of unbranched alkanes of at least 4 members (excludes halogenated alkanes) is 4. The van der Waals surface area contributed by atoms with Crippen LogP contribution in [0, 0.1) is 5.92 Å². The fourth-order valence-corrected chi connectivity index (χ4v) is 2.25. The summed E-state index contributed by atoms with van der Waals surface area (Å²) in [4.78, 5) is 21.4. The fourth-order valence-electron chi connectivity index (χ4n) is 2.25. The highest BCUT2D eigenvalue weighted by molar-refractivity contribution is 5.72. The zero-order valence-electron chi connectivity index (χ0n) is 12.4. The Hall–Kier alpha value is -1.06. The van der Waals surface area contributed by atoms with Crippen LogP contribution < -0.4 is 5.32 Å². The number of carboxylic acid groups (broad SMARTS) is 1. The molecule has 2 N–H and O–H groups in total. The molecule has 0 bridgehead atoms. The first-order chi connectivity index (χ1) is 9.06. The van der Waals surface area contributed by atoms with Crippen molar-refractivity contribution in [3.05, 3.63) is 0 Å². The molecule has 1 atom stereocenters. The quantitative estimate of drug-likeness (QED) is 0.535. The summed E-state index contributed by atoms with van der Waals surface area (Å²) < 4.78 is 0. The molecule has 0 aromatic carbocycles. The van der Waals surface area contributed by atoms with Gasteiger partial charge in [-0.05, 0) is 18.8 Å². The molecule has 0 heterocycles. The number of amides is 1. The van der Waals surface area contributed by atoms with Crippen LogP contribution in [0.3, 0.4) is 0 Å². The zero-order chi connectivity index (χ0) is 14.5. The lowest BCUT2D eigenvalue weighted by Crippen LogP contribution is -2.23. The lowest BCUT2D eigenvalue weighted by atomic mass is 9.92. The number of aliphatic carboxylic acids is 1. The lowest BCUT2D eigenvalue weighted by molar-refractivity contribution is -0.137. The van der Waals surface area contributed by atoms with Gasteiger partial charge in [-0.15, -0.1) is 0 Å². The summed E-state index contributed by atoms with van der Waals surface area (Å²) >= 11 is 0. The second kappa shape index (κ2) is 12.0. The van der Waals surface area contributed by atoms with Crippen LogP contribution in [0.1, 0.15) is 71.6 Å². The maximum Gasteiger partial charge on any atom is 0.303 e. The van der Waals surface area contributed by atoms with Crippen molar-refractivity contribution in [2.45, 2.75) is 71.6 Å². The van der Waals surface area contributed by atoms with Crippen LogP contribution >= 0.6 is 0 Å². The Kier molecular flexibility index (Phi) is 11.3. The first-order valence-electron chi connectivity index (χ1n) is 7.52. The Morgan fingerprint density at radius 1 is 1.05 bits per heavy atom. The van der Waals surface area contributed by atoms with Gasteiger partial charge in [0.2, 0.25) is 5.91 Å². The van der Waals surface area contributed by atoms with Crippen molar-refractivity contribution in [3.63, 3.8) is 0 Å². The number of hydrogen-bond acceptors (Lipinski definition) is 2. The van der Waals surface area contributed by atoms with Gasteiger partial charge in [-0.1, -0.05) is 45.4 Å². The SMILES string of the molecule is CCCCCCCC(CCNC(C)=O)CCC(=O)O.